The quantitative estimate of drug-likeness (QED) is 0.134. The average Bonchev–Trinajstić information content (AvgIpc) is 3.96. The van der Waals surface area contributed by atoms with Crippen LogP contribution in [0.1, 0.15) is 141 Å². The van der Waals surface area contributed by atoms with E-state index in [1.165, 1.54) is 50.2 Å². The van der Waals surface area contributed by atoms with E-state index in [1.54, 1.807) is 0 Å². The van der Waals surface area contributed by atoms with Crippen molar-refractivity contribution in [2.24, 2.45) is 5.92 Å². The summed E-state index contributed by atoms with van der Waals surface area (Å²) in [5, 5.41) is 0. The van der Waals surface area contributed by atoms with E-state index in [0.29, 0.717) is 11.8 Å². The van der Waals surface area contributed by atoms with Gasteiger partial charge in [-0.3, -0.25) is 0 Å². The van der Waals surface area contributed by atoms with Gasteiger partial charge in [-0.05, 0) is 113 Å². The molecule has 3 aliphatic rings. The molecule has 0 amide bonds. The van der Waals surface area contributed by atoms with Crippen molar-refractivity contribution in [3.8, 4) is 22.3 Å². The smallest absolute Gasteiger partial charge is 0.178 e. The Bertz CT molecular complexity index is 3400. The minimum atomic E-state index is -0.421. The maximum absolute atomic E-state index is 5.81. The Morgan fingerprint density at radius 3 is 1.37 bits per heavy atom. The van der Waals surface area contributed by atoms with Crippen molar-refractivity contribution in [2.75, 3.05) is 19.6 Å². The highest BCUT2D eigenvalue weighted by Crippen LogP contribution is 2.64. The second-order valence-corrected chi connectivity index (χ2v) is 23.9. The Hall–Kier alpha value is -7.32. The molecule has 8 nitrogen and oxygen atoms in total. The van der Waals surface area contributed by atoms with Gasteiger partial charge < -0.3 is 19.6 Å². The summed E-state index contributed by atoms with van der Waals surface area (Å²) in [6.07, 6.45) is 5.11. The van der Waals surface area contributed by atoms with Gasteiger partial charge in [-0.1, -0.05) is 192 Å². The van der Waals surface area contributed by atoms with Crippen molar-refractivity contribution in [1.82, 2.24) is 19.9 Å². The summed E-state index contributed by atoms with van der Waals surface area (Å²) in [5.41, 5.74) is 15.4. The number of hydrogen-bond acceptors (Lipinski definition) is 8. The Balaban J connectivity index is 1.28. The van der Waals surface area contributed by atoms with Gasteiger partial charge in [0.05, 0.1) is 23.8 Å². The van der Waals surface area contributed by atoms with Crippen LogP contribution in [-0.2, 0) is 16.2 Å². The second-order valence-electron chi connectivity index (χ2n) is 23.9. The van der Waals surface area contributed by atoms with E-state index in [9.17, 15) is 0 Å². The maximum Gasteiger partial charge on any atom is 0.178 e. The SMILES string of the molecule is CCC1(CC)c2ccc(-c3ccccc3C(C)C)cc2N2c3ncc(C(C)(C)C)nc3N(c3ccccc3)C2C1C1N(c2ccccc2)c2ncc(C(C)(C)C)nc2N1c1cc(-c2ccccc2C(C)C)ccc1C. The van der Waals surface area contributed by atoms with Gasteiger partial charge >= 0.3 is 0 Å². The van der Waals surface area contributed by atoms with Crippen LogP contribution in [0, 0.1) is 12.8 Å². The number of para-hydroxylation sites is 2. The Morgan fingerprint density at radius 1 is 0.480 bits per heavy atom. The van der Waals surface area contributed by atoms with Crippen molar-refractivity contribution in [3.05, 3.63) is 192 Å². The zero-order valence-corrected chi connectivity index (χ0v) is 46.4. The van der Waals surface area contributed by atoms with Crippen LogP contribution in [-0.4, -0.2) is 32.3 Å². The molecule has 0 radical (unpaired) electrons. The topological polar surface area (TPSA) is 64.5 Å². The van der Waals surface area contributed by atoms with E-state index in [2.05, 4.69) is 255 Å². The number of rotatable bonds is 10. The number of hydrogen-bond donors (Lipinski definition) is 0. The third kappa shape index (κ3) is 8.18. The van der Waals surface area contributed by atoms with Crippen molar-refractivity contribution in [1.29, 1.82) is 0 Å². The van der Waals surface area contributed by atoms with Crippen molar-refractivity contribution in [2.45, 2.75) is 143 Å². The van der Waals surface area contributed by atoms with E-state index >= 15 is 0 Å². The second kappa shape index (κ2) is 18.8. The third-order valence-electron chi connectivity index (χ3n) is 16.6. The zero-order valence-electron chi connectivity index (χ0n) is 46.4. The summed E-state index contributed by atoms with van der Waals surface area (Å²) in [4.78, 5) is 33.0. The van der Waals surface area contributed by atoms with Gasteiger partial charge in [-0.2, -0.15) is 0 Å². The lowest BCUT2D eigenvalue weighted by molar-refractivity contribution is 0.171. The number of aromatic nitrogens is 4. The predicted molar refractivity (Wildman–Crippen MR) is 313 cm³/mol. The summed E-state index contributed by atoms with van der Waals surface area (Å²) >= 11 is 0. The summed E-state index contributed by atoms with van der Waals surface area (Å²) in [6, 6.07) is 54.2. The maximum atomic E-state index is 5.81. The zero-order chi connectivity index (χ0) is 52.7. The molecule has 0 saturated carbocycles. The molecule has 0 fully saturated rings. The molecular formula is C67H74N8. The normalized spacial score (nSPS) is 17.9. The van der Waals surface area contributed by atoms with Crippen LogP contribution in [0.2, 0.25) is 0 Å². The first kappa shape index (κ1) is 49.9. The highest BCUT2D eigenvalue weighted by atomic mass is 15.5. The van der Waals surface area contributed by atoms with Crippen LogP contribution >= 0.6 is 0 Å². The number of fused-ring (bicyclic) bond motifs is 6. The molecule has 0 saturated heterocycles. The van der Waals surface area contributed by atoms with Gasteiger partial charge in [-0.15, -0.1) is 0 Å². The molecule has 8 heteroatoms. The minimum absolute atomic E-state index is 0.177. The van der Waals surface area contributed by atoms with E-state index in [-0.39, 0.29) is 29.1 Å². The van der Waals surface area contributed by atoms with Crippen molar-refractivity contribution >= 4 is 46.0 Å². The highest BCUT2D eigenvalue weighted by Gasteiger charge is 2.63. The molecule has 8 aromatic rings. The van der Waals surface area contributed by atoms with Crippen LogP contribution in [0.4, 0.5) is 46.0 Å². The molecule has 11 rings (SSSR count). The lowest BCUT2D eigenvalue weighted by Gasteiger charge is -2.57. The Kier molecular flexibility index (Phi) is 12.5. The van der Waals surface area contributed by atoms with Gasteiger partial charge in [0.15, 0.2) is 23.3 Å². The summed E-state index contributed by atoms with van der Waals surface area (Å²) in [5.74, 6) is 3.96. The summed E-state index contributed by atoms with van der Waals surface area (Å²) in [6.45, 7) is 29.7. The van der Waals surface area contributed by atoms with Gasteiger partial charge in [0, 0.05) is 44.9 Å². The molecular weight excluding hydrogens is 917 g/mol. The van der Waals surface area contributed by atoms with Gasteiger partial charge in [0.25, 0.3) is 0 Å². The third-order valence-corrected chi connectivity index (χ3v) is 16.6. The lowest BCUT2D eigenvalue weighted by Crippen LogP contribution is -2.65. The Morgan fingerprint density at radius 2 is 0.893 bits per heavy atom. The molecule has 75 heavy (non-hydrogen) atoms. The summed E-state index contributed by atoms with van der Waals surface area (Å²) in [7, 11) is 0. The standard InChI is InChI=1S/C67H74N8/c1-14-67(15-2)53-37-36-46(52-33-25-23-31-50(52)43(5)6)39-55(53)75-60-61(70-56(41-69-60)65(8,9)10)73(48-28-20-17-21-29-48)64(75)58(67)63-72(47-26-18-16-19-27-47)59-62(71-57(40-68-59)66(11,12)13)74(63)54-38-45(35-34-44(54)7)51-32-24-22-30-49(51)42(3)4/h16-43,58,63-64H,14-15H2,1-13H3. The van der Waals surface area contributed by atoms with Crippen LogP contribution in [0.25, 0.3) is 22.3 Å². The molecule has 5 heterocycles. The molecule has 3 unspecified atom stereocenters. The van der Waals surface area contributed by atoms with Crippen molar-refractivity contribution in [3.63, 3.8) is 0 Å². The van der Waals surface area contributed by atoms with E-state index < -0.39 is 5.41 Å². The largest absolute Gasteiger partial charge is 0.301 e. The number of anilines is 8. The monoisotopic (exact) mass is 991 g/mol. The molecule has 3 atom stereocenters. The molecule has 0 spiro atoms. The van der Waals surface area contributed by atoms with Crippen LogP contribution < -0.4 is 19.6 Å². The van der Waals surface area contributed by atoms with Crippen molar-refractivity contribution < 1.29 is 0 Å². The fourth-order valence-electron chi connectivity index (χ4n) is 12.6. The first-order valence-electron chi connectivity index (χ1n) is 27.4. The predicted octanol–water partition coefficient (Wildman–Crippen LogP) is 17.4. The van der Waals surface area contributed by atoms with Gasteiger partial charge in [-0.25, -0.2) is 19.9 Å². The summed E-state index contributed by atoms with van der Waals surface area (Å²) < 4.78 is 0. The first-order valence-corrected chi connectivity index (χ1v) is 27.4. The fraction of sp³-hybridized carbons (Fsp3) is 0.343. The number of aryl methyl sites for hydroxylation is 1. The first-order chi connectivity index (χ1) is 36.0. The number of nitrogens with zero attached hydrogens (tertiary/aromatic N) is 8. The van der Waals surface area contributed by atoms with Crippen LogP contribution in [0.3, 0.4) is 0 Å². The van der Waals surface area contributed by atoms with E-state index in [4.69, 9.17) is 19.9 Å². The van der Waals surface area contributed by atoms with E-state index in [0.717, 1.165) is 64.6 Å². The molecule has 2 aromatic heterocycles. The molecule has 0 bridgehead atoms. The minimum Gasteiger partial charge on any atom is -0.301 e. The van der Waals surface area contributed by atoms with Crippen LogP contribution in [0.15, 0.2) is 158 Å². The lowest BCUT2D eigenvalue weighted by atomic mass is 9.60. The van der Waals surface area contributed by atoms with Crippen LogP contribution in [0.5, 0.6) is 0 Å². The van der Waals surface area contributed by atoms with Gasteiger partial charge in [0.2, 0.25) is 0 Å². The fourth-order valence-corrected chi connectivity index (χ4v) is 12.6. The molecule has 0 N–H and O–H groups in total. The molecule has 0 aliphatic carbocycles. The highest BCUT2D eigenvalue weighted by molar-refractivity contribution is 5.91. The Labute approximate surface area is 446 Å². The van der Waals surface area contributed by atoms with E-state index in [1.807, 2.05) is 12.4 Å². The average molecular weight is 991 g/mol. The molecule has 382 valence electrons. The number of benzene rings is 6. The van der Waals surface area contributed by atoms with Gasteiger partial charge in [0.1, 0.15) is 12.3 Å². The molecule has 3 aliphatic heterocycles. The molecule has 6 aromatic carbocycles.